The van der Waals surface area contributed by atoms with Gasteiger partial charge in [0.1, 0.15) is 28.9 Å². The molecule has 0 aliphatic carbocycles. The molecule has 4 aromatic rings. The molecule has 2 aromatic heterocycles. The van der Waals surface area contributed by atoms with Crippen LogP contribution in [0.25, 0.3) is 11.0 Å². The molecule has 1 aliphatic rings. The van der Waals surface area contributed by atoms with Crippen molar-refractivity contribution in [3.8, 4) is 12.1 Å². The van der Waals surface area contributed by atoms with E-state index in [2.05, 4.69) is 96.2 Å². The largest absolute Gasteiger partial charge is 0.366 e. The number of fused-ring (bicyclic) bond motifs is 1. The molecule has 1 unspecified atom stereocenters. The predicted molar refractivity (Wildman–Crippen MR) is 149 cm³/mol. The standard InChI is InChI=1S/C31H30N6O/c1-20-5-9-23(10-6-20)29(24-11-7-21(2)8-12-24)37-16-15-36(19-22(37)3)30-26(18-33)31(38)35(4)27-14-13-25(17-32)34-28(27)30/h5-14,22,29H,15-16,19H2,1-4H3. The third-order valence-corrected chi connectivity index (χ3v) is 7.55. The van der Waals surface area contributed by atoms with Gasteiger partial charge in [0, 0.05) is 32.7 Å². The first-order chi connectivity index (χ1) is 18.3. The van der Waals surface area contributed by atoms with Crippen LogP contribution in [-0.2, 0) is 7.05 Å². The molecular weight excluding hydrogens is 472 g/mol. The second-order valence-corrected chi connectivity index (χ2v) is 10.1. The molecule has 0 bridgehead atoms. The average Bonchev–Trinajstić information content (AvgIpc) is 2.93. The summed E-state index contributed by atoms with van der Waals surface area (Å²) < 4.78 is 1.44. The Bertz CT molecular complexity index is 1600. The van der Waals surface area contributed by atoms with Crippen molar-refractivity contribution >= 4 is 16.7 Å². The van der Waals surface area contributed by atoms with Gasteiger partial charge in [0.15, 0.2) is 0 Å². The highest BCUT2D eigenvalue weighted by Crippen LogP contribution is 2.35. The van der Waals surface area contributed by atoms with Crippen molar-refractivity contribution < 1.29 is 0 Å². The smallest absolute Gasteiger partial charge is 0.270 e. The van der Waals surface area contributed by atoms with E-state index in [0.29, 0.717) is 29.8 Å². The number of nitriles is 2. The molecule has 3 heterocycles. The zero-order chi connectivity index (χ0) is 27.0. The molecule has 0 radical (unpaired) electrons. The molecular formula is C31H30N6O. The third kappa shape index (κ3) is 4.42. The van der Waals surface area contributed by atoms with Crippen LogP contribution in [0, 0.1) is 36.5 Å². The van der Waals surface area contributed by atoms with E-state index in [1.54, 1.807) is 19.2 Å². The molecule has 0 saturated carbocycles. The lowest BCUT2D eigenvalue weighted by atomic mass is 9.93. The van der Waals surface area contributed by atoms with Gasteiger partial charge in [0.25, 0.3) is 5.56 Å². The lowest BCUT2D eigenvalue weighted by Gasteiger charge is -2.45. The van der Waals surface area contributed by atoms with Crippen molar-refractivity contribution in [3.63, 3.8) is 0 Å². The first-order valence-corrected chi connectivity index (χ1v) is 12.8. The Morgan fingerprint density at radius 2 is 1.50 bits per heavy atom. The number of rotatable bonds is 4. The van der Waals surface area contributed by atoms with Crippen molar-refractivity contribution in [1.29, 1.82) is 10.5 Å². The number of hydrogen-bond donors (Lipinski definition) is 0. The Hall–Kier alpha value is -4.46. The third-order valence-electron chi connectivity index (χ3n) is 7.55. The lowest BCUT2D eigenvalue weighted by molar-refractivity contribution is 0.150. The molecule has 7 nitrogen and oxygen atoms in total. The first kappa shape index (κ1) is 25.2. The molecule has 2 aromatic carbocycles. The minimum absolute atomic E-state index is 0.0665. The number of pyridine rings is 2. The van der Waals surface area contributed by atoms with E-state index in [1.165, 1.54) is 26.8 Å². The normalized spacial score (nSPS) is 16.0. The quantitative estimate of drug-likeness (QED) is 0.405. The van der Waals surface area contributed by atoms with Crippen LogP contribution in [-0.4, -0.2) is 40.1 Å². The minimum Gasteiger partial charge on any atom is -0.366 e. The number of nitrogens with zero attached hydrogens (tertiary/aromatic N) is 6. The van der Waals surface area contributed by atoms with E-state index in [-0.39, 0.29) is 28.9 Å². The van der Waals surface area contributed by atoms with E-state index >= 15 is 0 Å². The van der Waals surface area contributed by atoms with Crippen LogP contribution in [0.5, 0.6) is 0 Å². The summed E-state index contributed by atoms with van der Waals surface area (Å²) in [5.74, 6) is 0. The van der Waals surface area contributed by atoms with Gasteiger partial charge < -0.3 is 9.47 Å². The van der Waals surface area contributed by atoms with Crippen molar-refractivity contribution in [2.45, 2.75) is 32.9 Å². The average molecular weight is 503 g/mol. The van der Waals surface area contributed by atoms with Gasteiger partial charge in [0.05, 0.1) is 17.2 Å². The van der Waals surface area contributed by atoms with Gasteiger partial charge in [0.2, 0.25) is 0 Å². The van der Waals surface area contributed by atoms with Crippen molar-refractivity contribution in [2.75, 3.05) is 24.5 Å². The Kier molecular flexibility index (Phi) is 6.72. The molecule has 38 heavy (non-hydrogen) atoms. The predicted octanol–water partition coefficient (Wildman–Crippen LogP) is 4.59. The number of aryl methyl sites for hydroxylation is 3. The van der Waals surface area contributed by atoms with Crippen LogP contribution in [0.15, 0.2) is 65.5 Å². The van der Waals surface area contributed by atoms with Crippen molar-refractivity contribution in [1.82, 2.24) is 14.5 Å². The van der Waals surface area contributed by atoms with Gasteiger partial charge in [-0.3, -0.25) is 9.69 Å². The van der Waals surface area contributed by atoms with Crippen LogP contribution in [0.2, 0.25) is 0 Å². The topological polar surface area (TPSA) is 89.0 Å². The van der Waals surface area contributed by atoms with Gasteiger partial charge in [-0.15, -0.1) is 0 Å². The first-order valence-electron chi connectivity index (χ1n) is 12.8. The fourth-order valence-electron chi connectivity index (χ4n) is 5.50. The van der Waals surface area contributed by atoms with Gasteiger partial charge in [-0.1, -0.05) is 59.7 Å². The molecule has 1 aliphatic heterocycles. The summed E-state index contributed by atoms with van der Waals surface area (Å²) >= 11 is 0. The number of anilines is 1. The maximum atomic E-state index is 13.1. The maximum Gasteiger partial charge on any atom is 0.270 e. The van der Waals surface area contributed by atoms with Crippen LogP contribution in [0.4, 0.5) is 5.69 Å². The summed E-state index contributed by atoms with van der Waals surface area (Å²) in [5.41, 5.74) is 6.52. The van der Waals surface area contributed by atoms with E-state index in [9.17, 15) is 15.3 Å². The number of aromatic nitrogens is 2. The van der Waals surface area contributed by atoms with Gasteiger partial charge in [-0.2, -0.15) is 10.5 Å². The fraction of sp³-hybridized carbons (Fsp3) is 0.290. The second kappa shape index (κ2) is 10.1. The van der Waals surface area contributed by atoms with Crippen LogP contribution >= 0.6 is 0 Å². The molecule has 1 saturated heterocycles. The Morgan fingerprint density at radius 3 is 2.03 bits per heavy atom. The summed E-state index contributed by atoms with van der Waals surface area (Å²) in [6.45, 7) is 8.34. The summed E-state index contributed by atoms with van der Waals surface area (Å²) in [6, 6.07) is 25.2. The minimum atomic E-state index is -0.353. The van der Waals surface area contributed by atoms with Gasteiger partial charge in [-0.05, 0) is 44.0 Å². The van der Waals surface area contributed by atoms with Crippen LogP contribution in [0.3, 0.4) is 0 Å². The van der Waals surface area contributed by atoms with Crippen LogP contribution in [0.1, 0.15) is 46.5 Å². The number of benzene rings is 2. The van der Waals surface area contributed by atoms with E-state index in [4.69, 9.17) is 0 Å². The summed E-state index contributed by atoms with van der Waals surface area (Å²) in [4.78, 5) is 22.3. The number of piperazine rings is 1. The zero-order valence-corrected chi connectivity index (χ0v) is 22.1. The second-order valence-electron chi connectivity index (χ2n) is 10.1. The highest BCUT2D eigenvalue weighted by molar-refractivity contribution is 5.92. The highest BCUT2D eigenvalue weighted by atomic mass is 16.1. The van der Waals surface area contributed by atoms with E-state index in [0.717, 1.165) is 6.54 Å². The summed E-state index contributed by atoms with van der Waals surface area (Å²) in [7, 11) is 1.64. The molecule has 190 valence electrons. The van der Waals surface area contributed by atoms with E-state index < -0.39 is 0 Å². The summed E-state index contributed by atoms with van der Waals surface area (Å²) in [5, 5.41) is 19.5. The Labute approximate surface area is 222 Å². The SMILES string of the molecule is Cc1ccc(C(c2ccc(C)cc2)N2CCN(c3c(C#N)c(=O)n(C)c4ccc(C#N)nc34)CC2C)cc1. The molecule has 5 rings (SSSR count). The fourth-order valence-corrected chi connectivity index (χ4v) is 5.50. The molecule has 0 N–H and O–H groups in total. The van der Waals surface area contributed by atoms with Crippen molar-refractivity contribution in [2.24, 2.45) is 7.05 Å². The van der Waals surface area contributed by atoms with Gasteiger partial charge >= 0.3 is 0 Å². The molecule has 1 fully saturated rings. The summed E-state index contributed by atoms with van der Waals surface area (Å²) in [6.07, 6.45) is 0. The molecule has 0 spiro atoms. The van der Waals surface area contributed by atoms with Gasteiger partial charge in [-0.25, -0.2) is 4.98 Å². The Balaban J connectivity index is 1.56. The molecule has 0 amide bonds. The van der Waals surface area contributed by atoms with E-state index in [1.807, 2.05) is 0 Å². The van der Waals surface area contributed by atoms with Crippen LogP contribution < -0.4 is 10.5 Å². The zero-order valence-electron chi connectivity index (χ0n) is 22.1. The number of hydrogen-bond acceptors (Lipinski definition) is 6. The molecule has 1 atom stereocenters. The highest BCUT2D eigenvalue weighted by Gasteiger charge is 2.33. The maximum absolute atomic E-state index is 13.1. The molecule has 7 heteroatoms. The lowest BCUT2D eigenvalue weighted by Crippen LogP contribution is -2.53. The van der Waals surface area contributed by atoms with Crippen molar-refractivity contribution in [3.05, 3.63) is 105 Å². The Morgan fingerprint density at radius 1 is 0.895 bits per heavy atom. The monoisotopic (exact) mass is 502 g/mol.